The lowest BCUT2D eigenvalue weighted by Crippen LogP contribution is -2.37. The summed E-state index contributed by atoms with van der Waals surface area (Å²) in [7, 11) is 1.67. The molecule has 28 heavy (non-hydrogen) atoms. The van der Waals surface area contributed by atoms with Crippen molar-refractivity contribution < 1.29 is 9.47 Å². The predicted molar refractivity (Wildman–Crippen MR) is 118 cm³/mol. The average Bonchev–Trinajstić information content (AvgIpc) is 3.15. The van der Waals surface area contributed by atoms with E-state index in [-0.39, 0.29) is 0 Å². The summed E-state index contributed by atoms with van der Waals surface area (Å²) >= 11 is 9.58. The van der Waals surface area contributed by atoms with E-state index in [1.165, 1.54) is 24.9 Å². The molecule has 0 bridgehead atoms. The van der Waals surface area contributed by atoms with Crippen molar-refractivity contribution >= 4 is 27.5 Å². The molecule has 1 fully saturated rings. The zero-order valence-electron chi connectivity index (χ0n) is 16.5. The Hall–Kier alpha value is -1.27. The molecule has 2 aromatic rings. The first kappa shape index (κ1) is 21.4. The summed E-state index contributed by atoms with van der Waals surface area (Å²) in [6.45, 7) is 6.87. The molecule has 0 aromatic heterocycles. The lowest BCUT2D eigenvalue weighted by molar-refractivity contribution is 0.259. The molecule has 1 saturated heterocycles. The van der Waals surface area contributed by atoms with E-state index in [1.54, 1.807) is 7.11 Å². The third-order valence-electron chi connectivity index (χ3n) is 5.20. The summed E-state index contributed by atoms with van der Waals surface area (Å²) in [5, 5.41) is 4.32. The third kappa shape index (κ3) is 5.63. The van der Waals surface area contributed by atoms with Gasteiger partial charge < -0.3 is 14.8 Å². The van der Waals surface area contributed by atoms with Gasteiger partial charge in [-0.15, -0.1) is 0 Å². The summed E-state index contributed by atoms with van der Waals surface area (Å²) in [5.41, 5.74) is 2.23. The van der Waals surface area contributed by atoms with Crippen LogP contribution in [0.25, 0.3) is 0 Å². The molecule has 1 aliphatic rings. The molecule has 0 spiro atoms. The minimum atomic E-state index is 0.457. The number of nitrogens with zero attached hydrogens (tertiary/aromatic N) is 1. The van der Waals surface area contributed by atoms with Crippen LogP contribution >= 0.6 is 27.5 Å². The van der Waals surface area contributed by atoms with Gasteiger partial charge in [-0.25, -0.2) is 0 Å². The van der Waals surface area contributed by atoms with Gasteiger partial charge in [0.05, 0.1) is 11.6 Å². The zero-order valence-corrected chi connectivity index (χ0v) is 18.9. The van der Waals surface area contributed by atoms with E-state index in [9.17, 15) is 0 Å². The van der Waals surface area contributed by atoms with Gasteiger partial charge >= 0.3 is 0 Å². The van der Waals surface area contributed by atoms with Gasteiger partial charge in [-0.05, 0) is 77.3 Å². The highest BCUT2D eigenvalue weighted by Gasteiger charge is 2.22. The Kier molecular flexibility index (Phi) is 8.03. The van der Waals surface area contributed by atoms with Crippen molar-refractivity contribution in [3.63, 3.8) is 0 Å². The Labute approximate surface area is 181 Å². The molecule has 0 amide bonds. The van der Waals surface area contributed by atoms with Crippen LogP contribution in [0.1, 0.15) is 30.9 Å². The largest absolute Gasteiger partial charge is 0.493 e. The van der Waals surface area contributed by atoms with Crippen molar-refractivity contribution in [2.24, 2.45) is 0 Å². The maximum absolute atomic E-state index is 6.01. The van der Waals surface area contributed by atoms with Crippen LogP contribution in [0, 0.1) is 0 Å². The second-order valence-corrected chi connectivity index (χ2v) is 8.37. The predicted octanol–water partition coefficient (Wildman–Crippen LogP) is 5.26. The number of nitrogens with one attached hydrogen (secondary N) is 1. The van der Waals surface area contributed by atoms with Crippen molar-refractivity contribution in [2.45, 2.75) is 39.0 Å². The number of benzene rings is 2. The highest BCUT2D eigenvalue weighted by atomic mass is 79.9. The number of ether oxygens (including phenoxy) is 2. The van der Waals surface area contributed by atoms with Gasteiger partial charge in [0.15, 0.2) is 11.5 Å². The van der Waals surface area contributed by atoms with E-state index >= 15 is 0 Å². The van der Waals surface area contributed by atoms with Crippen molar-refractivity contribution in [1.82, 2.24) is 10.2 Å². The van der Waals surface area contributed by atoms with Gasteiger partial charge in [-0.1, -0.05) is 30.7 Å². The number of likely N-dealkylation sites (N-methyl/N-ethyl adjacent to an activating group) is 1. The number of likely N-dealkylation sites (tertiary alicyclic amines) is 1. The molecule has 152 valence electrons. The van der Waals surface area contributed by atoms with Crippen LogP contribution in [-0.4, -0.2) is 37.7 Å². The Morgan fingerprint density at radius 1 is 1.21 bits per heavy atom. The molecular formula is C22H28BrClN2O2. The van der Waals surface area contributed by atoms with E-state index in [1.807, 2.05) is 30.3 Å². The molecule has 1 atom stereocenters. The SMILES string of the molecule is CCN1CCC[C@@H]1CNCc1cc(Br)c(OCc2ccc(Cl)cc2)c(OC)c1. The van der Waals surface area contributed by atoms with Gasteiger partial charge in [-0.2, -0.15) is 0 Å². The summed E-state index contributed by atoms with van der Waals surface area (Å²) in [5.74, 6) is 1.45. The fraction of sp³-hybridized carbons (Fsp3) is 0.455. The van der Waals surface area contributed by atoms with Gasteiger partial charge in [0, 0.05) is 24.2 Å². The molecule has 3 rings (SSSR count). The van der Waals surface area contributed by atoms with Crippen LogP contribution in [0.3, 0.4) is 0 Å². The smallest absolute Gasteiger partial charge is 0.175 e. The number of hydrogen-bond donors (Lipinski definition) is 1. The van der Waals surface area contributed by atoms with Gasteiger partial charge in [0.2, 0.25) is 0 Å². The first-order valence-electron chi connectivity index (χ1n) is 9.79. The molecule has 1 N–H and O–H groups in total. The topological polar surface area (TPSA) is 33.7 Å². The maximum Gasteiger partial charge on any atom is 0.175 e. The Bertz CT molecular complexity index is 770. The minimum absolute atomic E-state index is 0.457. The van der Waals surface area contributed by atoms with E-state index in [2.05, 4.69) is 39.1 Å². The average molecular weight is 468 g/mol. The maximum atomic E-state index is 6.01. The lowest BCUT2D eigenvalue weighted by Gasteiger charge is -2.23. The fourth-order valence-corrected chi connectivity index (χ4v) is 4.41. The summed E-state index contributed by atoms with van der Waals surface area (Å²) in [4.78, 5) is 2.55. The van der Waals surface area contributed by atoms with Crippen LogP contribution in [0.5, 0.6) is 11.5 Å². The molecular weight excluding hydrogens is 440 g/mol. The number of methoxy groups -OCH3 is 1. The summed E-state index contributed by atoms with van der Waals surface area (Å²) in [6.07, 6.45) is 2.59. The van der Waals surface area contributed by atoms with E-state index in [4.69, 9.17) is 21.1 Å². The van der Waals surface area contributed by atoms with Crippen LogP contribution in [0.15, 0.2) is 40.9 Å². The standard InChI is InChI=1S/C22H28BrClN2O2/c1-3-26-10-4-5-19(26)14-25-13-17-11-20(23)22(21(12-17)27-2)28-15-16-6-8-18(24)9-7-16/h6-9,11-12,19,25H,3-5,10,13-15H2,1-2H3/t19-/m1/s1. The molecule has 0 saturated carbocycles. The van der Waals surface area contributed by atoms with Crippen LogP contribution in [0.2, 0.25) is 5.02 Å². The Morgan fingerprint density at radius 3 is 2.71 bits per heavy atom. The van der Waals surface area contributed by atoms with Crippen LogP contribution < -0.4 is 14.8 Å². The monoisotopic (exact) mass is 466 g/mol. The van der Waals surface area contributed by atoms with Crippen LogP contribution in [-0.2, 0) is 13.2 Å². The fourth-order valence-electron chi connectivity index (χ4n) is 3.68. The van der Waals surface area contributed by atoms with Crippen molar-refractivity contribution in [3.8, 4) is 11.5 Å². The molecule has 0 aliphatic carbocycles. The number of rotatable bonds is 9. The first-order valence-corrected chi connectivity index (χ1v) is 11.0. The van der Waals surface area contributed by atoms with E-state index in [0.717, 1.165) is 40.4 Å². The highest BCUT2D eigenvalue weighted by molar-refractivity contribution is 9.10. The highest BCUT2D eigenvalue weighted by Crippen LogP contribution is 2.37. The molecule has 1 aliphatic heterocycles. The van der Waals surface area contributed by atoms with Gasteiger partial charge in [0.1, 0.15) is 6.61 Å². The van der Waals surface area contributed by atoms with Crippen LogP contribution in [0.4, 0.5) is 0 Å². The molecule has 4 nitrogen and oxygen atoms in total. The summed E-state index contributed by atoms with van der Waals surface area (Å²) < 4.78 is 12.5. The molecule has 1 heterocycles. The minimum Gasteiger partial charge on any atom is -0.493 e. The molecule has 6 heteroatoms. The van der Waals surface area contributed by atoms with Crippen molar-refractivity contribution in [3.05, 3.63) is 57.0 Å². The second-order valence-electron chi connectivity index (χ2n) is 7.08. The van der Waals surface area contributed by atoms with E-state index < -0.39 is 0 Å². The molecule has 2 aromatic carbocycles. The zero-order chi connectivity index (χ0) is 19.9. The van der Waals surface area contributed by atoms with E-state index in [0.29, 0.717) is 18.4 Å². The second kappa shape index (κ2) is 10.5. The lowest BCUT2D eigenvalue weighted by atomic mass is 10.1. The normalized spacial score (nSPS) is 17.1. The molecule has 0 radical (unpaired) electrons. The number of halogens is 2. The Morgan fingerprint density at radius 2 is 2.00 bits per heavy atom. The molecule has 0 unspecified atom stereocenters. The Balaban J connectivity index is 1.59. The summed E-state index contributed by atoms with van der Waals surface area (Å²) in [6, 6.07) is 12.4. The first-order chi connectivity index (χ1) is 13.6. The van der Waals surface area contributed by atoms with Crippen molar-refractivity contribution in [1.29, 1.82) is 0 Å². The van der Waals surface area contributed by atoms with Gasteiger partial charge in [-0.3, -0.25) is 4.90 Å². The van der Waals surface area contributed by atoms with Crippen molar-refractivity contribution in [2.75, 3.05) is 26.7 Å². The quantitative estimate of drug-likeness (QED) is 0.545. The number of hydrogen-bond acceptors (Lipinski definition) is 4. The third-order valence-corrected chi connectivity index (χ3v) is 6.04. The van der Waals surface area contributed by atoms with Gasteiger partial charge in [0.25, 0.3) is 0 Å².